The molecule has 1 fully saturated rings. The van der Waals surface area contributed by atoms with Gasteiger partial charge in [0.15, 0.2) is 11.5 Å². The first-order valence-corrected chi connectivity index (χ1v) is 12.3. The minimum Gasteiger partial charge on any atom is -0.493 e. The molecule has 3 aromatic rings. The molecule has 0 saturated carbocycles. The number of carbonyl (C=O) groups excluding carboxylic acids is 3. The minimum atomic E-state index is -0.641. The highest BCUT2D eigenvalue weighted by atomic mass is 35.5. The number of hydrogen-bond acceptors (Lipinski definition) is 7. The number of benzene rings is 3. The number of rotatable bonds is 8. The summed E-state index contributed by atoms with van der Waals surface area (Å²) in [5.74, 6) is -1.16. The standard InChI is InChI=1S/C27H19ClFN3O5S/c1-36-22-11-16(10-21(28)25(22)37-15-18-5-3-2-4-17(18)13-30)12-23-26(34)32(27(35)38-23)14-24(33)31-20-8-6-19(29)7-9-20/h2-12H,14-15H2,1H3,(H,31,33)/b23-12-. The molecular formula is C27H19ClFN3O5S. The summed E-state index contributed by atoms with van der Waals surface area (Å²) in [6.07, 6.45) is 1.46. The maximum atomic E-state index is 13.1. The molecule has 0 atom stereocenters. The Morgan fingerprint density at radius 3 is 2.63 bits per heavy atom. The zero-order valence-corrected chi connectivity index (χ0v) is 21.4. The maximum absolute atomic E-state index is 13.1. The van der Waals surface area contributed by atoms with Gasteiger partial charge in [-0.25, -0.2) is 4.39 Å². The van der Waals surface area contributed by atoms with Crippen LogP contribution in [0.25, 0.3) is 6.08 Å². The first-order chi connectivity index (χ1) is 18.3. The van der Waals surface area contributed by atoms with Crippen LogP contribution in [-0.2, 0) is 16.2 Å². The lowest BCUT2D eigenvalue weighted by Crippen LogP contribution is -2.36. The van der Waals surface area contributed by atoms with Crippen molar-refractivity contribution in [3.8, 4) is 17.6 Å². The second-order valence-corrected chi connectivity index (χ2v) is 9.32. The fourth-order valence-electron chi connectivity index (χ4n) is 3.53. The number of imide groups is 1. The highest BCUT2D eigenvalue weighted by Crippen LogP contribution is 2.39. The number of thioether (sulfide) groups is 1. The van der Waals surface area contributed by atoms with Crippen LogP contribution < -0.4 is 14.8 Å². The zero-order chi connectivity index (χ0) is 27.2. The first kappa shape index (κ1) is 26.7. The van der Waals surface area contributed by atoms with Crippen LogP contribution in [0.5, 0.6) is 11.5 Å². The molecule has 192 valence electrons. The van der Waals surface area contributed by atoms with E-state index in [1.165, 1.54) is 37.5 Å². The molecule has 0 bridgehead atoms. The van der Waals surface area contributed by atoms with Gasteiger partial charge in [-0.15, -0.1) is 0 Å². The summed E-state index contributed by atoms with van der Waals surface area (Å²) in [4.78, 5) is 38.5. The van der Waals surface area contributed by atoms with Gasteiger partial charge >= 0.3 is 0 Å². The van der Waals surface area contributed by atoms with E-state index < -0.39 is 29.4 Å². The molecule has 8 nitrogen and oxygen atoms in total. The average Bonchev–Trinajstić information content (AvgIpc) is 3.16. The summed E-state index contributed by atoms with van der Waals surface area (Å²) in [5.41, 5.74) is 1.95. The van der Waals surface area contributed by atoms with Gasteiger partial charge in [0.25, 0.3) is 11.1 Å². The van der Waals surface area contributed by atoms with Gasteiger partial charge in [0.2, 0.25) is 5.91 Å². The Labute approximate surface area is 226 Å². The third kappa shape index (κ3) is 6.14. The number of nitrogens with zero attached hydrogens (tertiary/aromatic N) is 2. The third-order valence-electron chi connectivity index (χ3n) is 5.36. The van der Waals surface area contributed by atoms with Crippen LogP contribution in [0, 0.1) is 17.1 Å². The molecular weight excluding hydrogens is 533 g/mol. The van der Waals surface area contributed by atoms with Gasteiger partial charge in [0.05, 0.1) is 28.7 Å². The summed E-state index contributed by atoms with van der Waals surface area (Å²) in [5, 5.41) is 11.4. The molecule has 0 aromatic heterocycles. The molecule has 4 rings (SSSR count). The summed E-state index contributed by atoms with van der Waals surface area (Å²) in [7, 11) is 1.43. The number of carbonyl (C=O) groups is 3. The largest absolute Gasteiger partial charge is 0.493 e. The number of halogens is 2. The van der Waals surface area contributed by atoms with E-state index >= 15 is 0 Å². The number of ether oxygens (including phenoxy) is 2. The molecule has 1 heterocycles. The van der Waals surface area contributed by atoms with Crippen molar-refractivity contribution in [1.29, 1.82) is 5.26 Å². The summed E-state index contributed by atoms with van der Waals surface area (Å²) >= 11 is 7.13. The van der Waals surface area contributed by atoms with Gasteiger partial charge in [-0.1, -0.05) is 29.8 Å². The number of amides is 3. The first-order valence-electron chi connectivity index (χ1n) is 11.1. The molecule has 38 heavy (non-hydrogen) atoms. The molecule has 1 aliphatic rings. The highest BCUT2D eigenvalue weighted by molar-refractivity contribution is 8.18. The van der Waals surface area contributed by atoms with Gasteiger partial charge in [-0.3, -0.25) is 19.3 Å². The van der Waals surface area contributed by atoms with Crippen LogP contribution in [0.3, 0.4) is 0 Å². The van der Waals surface area contributed by atoms with Crippen molar-refractivity contribution in [3.63, 3.8) is 0 Å². The monoisotopic (exact) mass is 551 g/mol. The van der Waals surface area contributed by atoms with Gasteiger partial charge in [-0.05, 0) is 65.9 Å². The van der Waals surface area contributed by atoms with Gasteiger partial charge < -0.3 is 14.8 Å². The number of hydrogen-bond donors (Lipinski definition) is 1. The fourth-order valence-corrected chi connectivity index (χ4v) is 4.65. The maximum Gasteiger partial charge on any atom is 0.294 e. The molecule has 3 amide bonds. The molecule has 0 unspecified atom stereocenters. The van der Waals surface area contributed by atoms with E-state index in [1.54, 1.807) is 36.4 Å². The second-order valence-electron chi connectivity index (χ2n) is 7.91. The van der Waals surface area contributed by atoms with Crippen LogP contribution in [-0.4, -0.2) is 35.6 Å². The Bertz CT molecular complexity index is 1490. The van der Waals surface area contributed by atoms with Crippen LogP contribution >= 0.6 is 23.4 Å². The fraction of sp³-hybridized carbons (Fsp3) is 0.111. The number of anilines is 1. The van der Waals surface area contributed by atoms with Crippen molar-refractivity contribution in [1.82, 2.24) is 4.90 Å². The smallest absolute Gasteiger partial charge is 0.294 e. The van der Waals surface area contributed by atoms with E-state index in [0.29, 0.717) is 34.1 Å². The molecule has 0 spiro atoms. The van der Waals surface area contributed by atoms with E-state index in [2.05, 4.69) is 11.4 Å². The minimum absolute atomic E-state index is 0.0814. The molecule has 1 saturated heterocycles. The number of nitrogens with one attached hydrogen (secondary N) is 1. The Balaban J connectivity index is 1.48. The molecule has 0 radical (unpaired) electrons. The van der Waals surface area contributed by atoms with E-state index in [0.717, 1.165) is 4.90 Å². The number of methoxy groups -OCH3 is 1. The highest BCUT2D eigenvalue weighted by Gasteiger charge is 2.36. The average molecular weight is 552 g/mol. The van der Waals surface area contributed by atoms with Crippen molar-refractivity contribution in [2.24, 2.45) is 0 Å². The quantitative estimate of drug-likeness (QED) is 0.362. The normalized spacial score (nSPS) is 13.9. The molecule has 11 heteroatoms. The van der Waals surface area contributed by atoms with E-state index in [1.807, 2.05) is 0 Å². The van der Waals surface area contributed by atoms with Crippen molar-refractivity contribution >= 4 is 52.2 Å². The Hall–Kier alpha value is -4.33. The van der Waals surface area contributed by atoms with Crippen molar-refractivity contribution in [3.05, 3.63) is 93.1 Å². The topological polar surface area (TPSA) is 109 Å². The lowest BCUT2D eigenvalue weighted by Gasteiger charge is -2.14. The van der Waals surface area contributed by atoms with E-state index in [-0.39, 0.29) is 28.0 Å². The van der Waals surface area contributed by atoms with Crippen molar-refractivity contribution < 1.29 is 28.2 Å². The summed E-state index contributed by atoms with van der Waals surface area (Å²) < 4.78 is 24.3. The van der Waals surface area contributed by atoms with Gasteiger partial charge in [0.1, 0.15) is 19.0 Å². The third-order valence-corrected chi connectivity index (χ3v) is 6.55. The van der Waals surface area contributed by atoms with Crippen LogP contribution in [0.1, 0.15) is 16.7 Å². The van der Waals surface area contributed by atoms with E-state index in [9.17, 15) is 24.0 Å². The predicted molar refractivity (Wildman–Crippen MR) is 141 cm³/mol. The Morgan fingerprint density at radius 1 is 1.18 bits per heavy atom. The molecule has 1 aliphatic heterocycles. The van der Waals surface area contributed by atoms with Gasteiger partial charge in [0, 0.05) is 11.3 Å². The Morgan fingerprint density at radius 2 is 1.92 bits per heavy atom. The zero-order valence-electron chi connectivity index (χ0n) is 19.9. The van der Waals surface area contributed by atoms with Gasteiger partial charge in [-0.2, -0.15) is 5.26 Å². The van der Waals surface area contributed by atoms with Crippen LogP contribution in [0.4, 0.5) is 14.9 Å². The summed E-state index contributed by atoms with van der Waals surface area (Å²) in [6, 6.07) is 17.3. The lowest BCUT2D eigenvalue weighted by atomic mass is 10.1. The molecule has 3 aromatic carbocycles. The molecule has 1 N–H and O–H groups in total. The van der Waals surface area contributed by atoms with Crippen molar-refractivity contribution in [2.75, 3.05) is 19.0 Å². The predicted octanol–water partition coefficient (Wildman–Crippen LogP) is 5.61. The number of nitriles is 1. The van der Waals surface area contributed by atoms with Crippen LogP contribution in [0.2, 0.25) is 5.02 Å². The lowest BCUT2D eigenvalue weighted by molar-refractivity contribution is -0.127. The van der Waals surface area contributed by atoms with Crippen molar-refractivity contribution in [2.45, 2.75) is 6.61 Å². The molecule has 0 aliphatic carbocycles. The van der Waals surface area contributed by atoms with E-state index in [4.69, 9.17) is 21.1 Å². The van der Waals surface area contributed by atoms with Crippen LogP contribution in [0.15, 0.2) is 65.6 Å². The summed E-state index contributed by atoms with van der Waals surface area (Å²) in [6.45, 7) is -0.418. The SMILES string of the molecule is COc1cc(/C=C2\SC(=O)N(CC(=O)Nc3ccc(F)cc3)C2=O)cc(Cl)c1OCc1ccccc1C#N. The second kappa shape index (κ2) is 11.8. The Kier molecular flexibility index (Phi) is 8.31.